The fourth-order valence-corrected chi connectivity index (χ4v) is 3.62. The van der Waals surface area contributed by atoms with Crippen LogP contribution in [0.25, 0.3) is 0 Å². The maximum absolute atomic E-state index is 12.5. The fraction of sp³-hybridized carbons (Fsp3) is 0.227. The van der Waals surface area contributed by atoms with Crippen LogP contribution in [-0.2, 0) is 0 Å². The second-order valence-electron chi connectivity index (χ2n) is 6.77. The molecule has 2 heterocycles. The molecule has 6 heteroatoms. The molecule has 0 atom stereocenters. The molecule has 1 aliphatic rings. The van der Waals surface area contributed by atoms with Crippen molar-refractivity contribution < 1.29 is 4.79 Å². The van der Waals surface area contributed by atoms with Crippen LogP contribution in [0.4, 0.5) is 10.6 Å². The zero-order chi connectivity index (χ0) is 19.2. The third-order valence-corrected chi connectivity index (χ3v) is 5.00. The number of carbonyl (C=O) groups is 1. The summed E-state index contributed by atoms with van der Waals surface area (Å²) in [5, 5.41) is 2.81. The zero-order valence-electron chi connectivity index (χ0n) is 15.6. The predicted molar refractivity (Wildman–Crippen MR) is 109 cm³/mol. The van der Waals surface area contributed by atoms with Gasteiger partial charge in [-0.2, -0.15) is 0 Å². The van der Waals surface area contributed by atoms with Crippen molar-refractivity contribution >= 4 is 11.8 Å². The highest BCUT2D eigenvalue weighted by molar-refractivity contribution is 5.88. The smallest absolute Gasteiger partial charge is 0.322 e. The number of nitrogens with one attached hydrogen (secondary N) is 1. The summed E-state index contributed by atoms with van der Waals surface area (Å²) in [7, 11) is 0. The summed E-state index contributed by atoms with van der Waals surface area (Å²) >= 11 is 0. The van der Waals surface area contributed by atoms with Gasteiger partial charge < -0.3 is 4.90 Å². The van der Waals surface area contributed by atoms with Crippen LogP contribution in [0.1, 0.15) is 17.2 Å². The maximum atomic E-state index is 12.5. The van der Waals surface area contributed by atoms with E-state index in [1.807, 2.05) is 17.0 Å². The molecule has 3 aromatic rings. The number of nitrogens with zero attached hydrogens (tertiary/aromatic N) is 4. The van der Waals surface area contributed by atoms with E-state index in [4.69, 9.17) is 0 Å². The summed E-state index contributed by atoms with van der Waals surface area (Å²) in [6, 6.07) is 21.1. The second-order valence-corrected chi connectivity index (χ2v) is 6.77. The number of carbonyl (C=O) groups excluding carboxylic acids is 1. The van der Waals surface area contributed by atoms with Crippen LogP contribution in [0.15, 0.2) is 79.3 Å². The number of hydrogen-bond acceptors (Lipinski definition) is 4. The Hall–Kier alpha value is -3.25. The van der Waals surface area contributed by atoms with Gasteiger partial charge in [0.15, 0.2) is 5.82 Å². The molecule has 0 unspecified atom stereocenters. The lowest BCUT2D eigenvalue weighted by molar-refractivity contribution is 0.126. The summed E-state index contributed by atoms with van der Waals surface area (Å²) < 4.78 is 0. The van der Waals surface area contributed by atoms with Crippen molar-refractivity contribution in [1.82, 2.24) is 19.8 Å². The fourth-order valence-electron chi connectivity index (χ4n) is 3.62. The molecule has 1 fully saturated rings. The first kappa shape index (κ1) is 18.1. The Labute approximate surface area is 164 Å². The van der Waals surface area contributed by atoms with Crippen molar-refractivity contribution in [3.05, 3.63) is 90.4 Å². The van der Waals surface area contributed by atoms with Crippen molar-refractivity contribution in [2.24, 2.45) is 0 Å². The molecule has 1 aliphatic heterocycles. The van der Waals surface area contributed by atoms with Crippen molar-refractivity contribution in [1.29, 1.82) is 0 Å². The summed E-state index contributed by atoms with van der Waals surface area (Å²) in [4.78, 5) is 24.9. The van der Waals surface area contributed by atoms with E-state index < -0.39 is 0 Å². The summed E-state index contributed by atoms with van der Waals surface area (Å²) in [6.07, 6.45) is 4.70. The van der Waals surface area contributed by atoms with Gasteiger partial charge in [-0.3, -0.25) is 15.2 Å². The molecule has 142 valence electrons. The average molecular weight is 373 g/mol. The maximum Gasteiger partial charge on any atom is 0.323 e. The van der Waals surface area contributed by atoms with Gasteiger partial charge in [0.25, 0.3) is 0 Å². The van der Waals surface area contributed by atoms with Gasteiger partial charge in [-0.25, -0.2) is 9.78 Å². The Morgan fingerprint density at radius 1 is 0.857 bits per heavy atom. The van der Waals surface area contributed by atoms with E-state index in [-0.39, 0.29) is 12.1 Å². The van der Waals surface area contributed by atoms with Crippen LogP contribution in [-0.4, -0.2) is 52.0 Å². The van der Waals surface area contributed by atoms with Gasteiger partial charge in [0.1, 0.15) is 0 Å². The number of amides is 2. The van der Waals surface area contributed by atoms with Crippen LogP contribution in [0.3, 0.4) is 0 Å². The van der Waals surface area contributed by atoms with Crippen LogP contribution >= 0.6 is 0 Å². The van der Waals surface area contributed by atoms with Crippen LogP contribution in [0.5, 0.6) is 0 Å². The molecule has 2 amide bonds. The number of aromatic nitrogens is 2. The first-order valence-corrected chi connectivity index (χ1v) is 9.47. The predicted octanol–water partition coefficient (Wildman–Crippen LogP) is 3.42. The van der Waals surface area contributed by atoms with E-state index in [2.05, 4.69) is 68.7 Å². The van der Waals surface area contributed by atoms with Crippen LogP contribution in [0.2, 0.25) is 0 Å². The largest absolute Gasteiger partial charge is 0.323 e. The molecular formula is C22H23N5O. The lowest BCUT2D eigenvalue weighted by atomic mass is 9.96. The molecule has 4 rings (SSSR count). The van der Waals surface area contributed by atoms with Crippen molar-refractivity contribution in [2.75, 3.05) is 31.5 Å². The van der Waals surface area contributed by atoms with Crippen molar-refractivity contribution in [3.63, 3.8) is 0 Å². The van der Waals surface area contributed by atoms with Crippen molar-refractivity contribution in [3.8, 4) is 0 Å². The molecular weight excluding hydrogens is 350 g/mol. The molecule has 0 radical (unpaired) electrons. The topological polar surface area (TPSA) is 61.4 Å². The monoisotopic (exact) mass is 373 g/mol. The summed E-state index contributed by atoms with van der Waals surface area (Å²) in [6.45, 7) is 2.95. The number of anilines is 1. The van der Waals surface area contributed by atoms with Gasteiger partial charge in [0, 0.05) is 38.6 Å². The third kappa shape index (κ3) is 4.18. The Morgan fingerprint density at radius 2 is 1.46 bits per heavy atom. The number of rotatable bonds is 4. The average Bonchev–Trinajstić information content (AvgIpc) is 2.77. The van der Waals surface area contributed by atoms with Crippen molar-refractivity contribution in [2.45, 2.75) is 6.04 Å². The Balaban J connectivity index is 1.45. The number of urea groups is 1. The van der Waals surface area contributed by atoms with E-state index in [1.165, 1.54) is 11.1 Å². The van der Waals surface area contributed by atoms with Crippen LogP contribution < -0.4 is 5.32 Å². The number of benzene rings is 2. The van der Waals surface area contributed by atoms with E-state index in [1.54, 1.807) is 18.6 Å². The molecule has 28 heavy (non-hydrogen) atoms. The third-order valence-electron chi connectivity index (χ3n) is 5.00. The first-order valence-electron chi connectivity index (χ1n) is 9.47. The summed E-state index contributed by atoms with van der Waals surface area (Å²) in [5.74, 6) is 0.473. The molecule has 0 aliphatic carbocycles. The quantitative estimate of drug-likeness (QED) is 0.761. The minimum atomic E-state index is -0.129. The molecule has 6 nitrogen and oxygen atoms in total. The normalized spacial score (nSPS) is 14.8. The van der Waals surface area contributed by atoms with Gasteiger partial charge in [-0.15, -0.1) is 0 Å². The van der Waals surface area contributed by atoms with E-state index in [9.17, 15) is 4.79 Å². The molecule has 0 spiro atoms. The number of hydrogen-bond donors (Lipinski definition) is 1. The second kappa shape index (κ2) is 8.63. The minimum Gasteiger partial charge on any atom is -0.322 e. The van der Waals surface area contributed by atoms with Gasteiger partial charge in [0.05, 0.1) is 12.2 Å². The first-order chi connectivity index (χ1) is 13.8. The zero-order valence-corrected chi connectivity index (χ0v) is 15.6. The SMILES string of the molecule is O=C(Nc1cnccn1)N1CCN(C(c2ccccc2)c2ccccc2)CC1. The molecule has 2 aromatic carbocycles. The summed E-state index contributed by atoms with van der Waals surface area (Å²) in [5.41, 5.74) is 2.54. The Kier molecular flexibility index (Phi) is 5.58. The lowest BCUT2D eigenvalue weighted by Gasteiger charge is -2.39. The van der Waals surface area contributed by atoms with Gasteiger partial charge in [0.2, 0.25) is 0 Å². The highest BCUT2D eigenvalue weighted by Crippen LogP contribution is 2.29. The van der Waals surface area contributed by atoms with Crippen LogP contribution in [0, 0.1) is 0 Å². The molecule has 1 saturated heterocycles. The highest BCUT2D eigenvalue weighted by atomic mass is 16.2. The van der Waals surface area contributed by atoms with E-state index in [0.29, 0.717) is 18.9 Å². The molecule has 1 aromatic heterocycles. The molecule has 0 bridgehead atoms. The lowest BCUT2D eigenvalue weighted by Crippen LogP contribution is -2.51. The standard InChI is InChI=1S/C22H23N5O/c28-22(25-20-17-23-11-12-24-20)27-15-13-26(14-16-27)21(18-7-3-1-4-8-18)19-9-5-2-6-10-19/h1-12,17,21H,13-16H2,(H,24,25,28). The Bertz CT molecular complexity index is 841. The van der Waals surface area contributed by atoms with Gasteiger partial charge in [-0.1, -0.05) is 60.7 Å². The Morgan fingerprint density at radius 3 is 2.00 bits per heavy atom. The van der Waals surface area contributed by atoms with E-state index >= 15 is 0 Å². The van der Waals surface area contributed by atoms with E-state index in [0.717, 1.165) is 13.1 Å². The van der Waals surface area contributed by atoms with Gasteiger partial charge in [-0.05, 0) is 11.1 Å². The molecule has 0 saturated carbocycles. The van der Waals surface area contributed by atoms with Gasteiger partial charge >= 0.3 is 6.03 Å². The minimum absolute atomic E-state index is 0.129. The number of piperazine rings is 1. The molecule has 1 N–H and O–H groups in total. The highest BCUT2D eigenvalue weighted by Gasteiger charge is 2.28.